The first-order valence-corrected chi connectivity index (χ1v) is 3.07. The fourth-order valence-electron chi connectivity index (χ4n) is 0.692. The van der Waals surface area contributed by atoms with Gasteiger partial charge in [-0.25, -0.2) is 0 Å². The summed E-state index contributed by atoms with van der Waals surface area (Å²) in [5.74, 6) is -0.758. The molecule has 0 aromatic heterocycles. The van der Waals surface area contributed by atoms with Crippen molar-refractivity contribution in [2.45, 2.75) is 13.3 Å². The van der Waals surface area contributed by atoms with Gasteiger partial charge in [0.05, 0.1) is 6.54 Å². The van der Waals surface area contributed by atoms with Crippen molar-refractivity contribution in [2.75, 3.05) is 20.1 Å². The van der Waals surface area contributed by atoms with Crippen molar-refractivity contribution >= 4 is 5.97 Å². The summed E-state index contributed by atoms with van der Waals surface area (Å²) in [4.78, 5) is 11.8. The molecule has 9 heavy (non-hydrogen) atoms. The molecular weight excluding hydrogens is 118 g/mol. The normalized spacial score (nSPS) is 10.1. The molecule has 0 amide bonds. The molecule has 0 bridgehead atoms. The van der Waals surface area contributed by atoms with Crippen LogP contribution in [0.5, 0.6) is 0 Å². The van der Waals surface area contributed by atoms with Gasteiger partial charge in [-0.2, -0.15) is 0 Å². The number of rotatable bonds is 4. The molecule has 0 aromatic rings. The summed E-state index contributed by atoms with van der Waals surface area (Å²) in [5, 5.41) is 8.27. The first-order valence-electron chi connectivity index (χ1n) is 3.07. The lowest BCUT2D eigenvalue weighted by Crippen LogP contribution is -2.26. The lowest BCUT2D eigenvalue weighted by Gasteiger charge is -2.10. The van der Waals surface area contributed by atoms with Crippen LogP contribution in [0.4, 0.5) is 0 Å². The first kappa shape index (κ1) is 8.43. The van der Waals surface area contributed by atoms with Crippen molar-refractivity contribution in [3.63, 3.8) is 0 Å². The Kier molecular flexibility index (Phi) is 4.05. The fraction of sp³-hybridized carbons (Fsp3) is 0.833. The van der Waals surface area contributed by atoms with E-state index in [4.69, 9.17) is 5.11 Å². The minimum atomic E-state index is -0.758. The molecule has 0 aliphatic rings. The number of carboxylic acids is 1. The Balaban J connectivity index is 3.26. The molecule has 0 atom stereocenters. The smallest absolute Gasteiger partial charge is 0.317 e. The van der Waals surface area contributed by atoms with Crippen molar-refractivity contribution in [2.24, 2.45) is 0 Å². The van der Waals surface area contributed by atoms with Gasteiger partial charge in [0, 0.05) is 0 Å². The monoisotopic (exact) mass is 131 g/mol. The molecule has 0 unspecified atom stereocenters. The zero-order chi connectivity index (χ0) is 7.28. The standard InChI is InChI=1S/C6H13NO2/c1-3-4-7(2)5-6(8)9/h3-5H2,1-2H3,(H,8,9). The van der Waals surface area contributed by atoms with Gasteiger partial charge in [0.15, 0.2) is 0 Å². The second-order valence-corrected chi connectivity index (χ2v) is 2.13. The topological polar surface area (TPSA) is 40.5 Å². The van der Waals surface area contributed by atoms with Crippen molar-refractivity contribution in [1.82, 2.24) is 4.90 Å². The largest absolute Gasteiger partial charge is 0.480 e. The number of carboxylic acid groups (broad SMARTS) is 1. The van der Waals surface area contributed by atoms with E-state index < -0.39 is 5.97 Å². The van der Waals surface area contributed by atoms with Crippen LogP contribution in [0.15, 0.2) is 0 Å². The van der Waals surface area contributed by atoms with Crippen LogP contribution in [0.2, 0.25) is 0 Å². The molecule has 0 saturated carbocycles. The molecule has 0 aliphatic heterocycles. The van der Waals surface area contributed by atoms with E-state index in [9.17, 15) is 4.79 Å². The Hall–Kier alpha value is -0.570. The fourth-order valence-corrected chi connectivity index (χ4v) is 0.692. The third kappa shape index (κ3) is 5.30. The lowest BCUT2D eigenvalue weighted by molar-refractivity contribution is -0.137. The summed E-state index contributed by atoms with van der Waals surface area (Å²) >= 11 is 0. The predicted molar refractivity (Wildman–Crippen MR) is 35.4 cm³/mol. The van der Waals surface area contributed by atoms with E-state index in [-0.39, 0.29) is 6.54 Å². The molecule has 3 heteroatoms. The Morgan fingerprint density at radius 2 is 2.22 bits per heavy atom. The zero-order valence-corrected chi connectivity index (χ0v) is 5.92. The maximum absolute atomic E-state index is 10.0. The second kappa shape index (κ2) is 4.32. The Bertz CT molecular complexity index is 93.1. The van der Waals surface area contributed by atoms with E-state index in [0.29, 0.717) is 0 Å². The molecule has 0 spiro atoms. The van der Waals surface area contributed by atoms with Gasteiger partial charge in [0.2, 0.25) is 0 Å². The molecule has 0 aromatic carbocycles. The van der Waals surface area contributed by atoms with Gasteiger partial charge in [0.25, 0.3) is 0 Å². The SMILES string of the molecule is CCCN(C)CC(=O)O. The van der Waals surface area contributed by atoms with E-state index >= 15 is 0 Å². The highest BCUT2D eigenvalue weighted by molar-refractivity contribution is 5.68. The molecular formula is C6H13NO2. The lowest BCUT2D eigenvalue weighted by atomic mass is 10.4. The van der Waals surface area contributed by atoms with Crippen LogP contribution in [0.25, 0.3) is 0 Å². The number of hydrogen-bond donors (Lipinski definition) is 1. The van der Waals surface area contributed by atoms with Gasteiger partial charge < -0.3 is 5.11 Å². The molecule has 0 fully saturated rings. The highest BCUT2D eigenvalue weighted by atomic mass is 16.4. The highest BCUT2D eigenvalue weighted by Gasteiger charge is 2.00. The number of carbonyl (C=O) groups is 1. The Morgan fingerprint density at radius 1 is 1.67 bits per heavy atom. The molecule has 0 rings (SSSR count). The van der Waals surface area contributed by atoms with E-state index in [1.807, 2.05) is 6.92 Å². The molecule has 0 radical (unpaired) electrons. The molecule has 54 valence electrons. The van der Waals surface area contributed by atoms with Crippen molar-refractivity contribution < 1.29 is 9.90 Å². The van der Waals surface area contributed by atoms with Crippen molar-refractivity contribution in [3.8, 4) is 0 Å². The number of likely N-dealkylation sites (N-methyl/N-ethyl adjacent to an activating group) is 1. The van der Waals surface area contributed by atoms with Crippen LogP contribution in [0.1, 0.15) is 13.3 Å². The average Bonchev–Trinajstić information content (AvgIpc) is 1.63. The summed E-state index contributed by atoms with van der Waals surface area (Å²) < 4.78 is 0. The summed E-state index contributed by atoms with van der Waals surface area (Å²) in [6.07, 6.45) is 1.00. The number of hydrogen-bond acceptors (Lipinski definition) is 2. The van der Waals surface area contributed by atoms with E-state index in [0.717, 1.165) is 13.0 Å². The second-order valence-electron chi connectivity index (χ2n) is 2.13. The van der Waals surface area contributed by atoms with Gasteiger partial charge in [-0.1, -0.05) is 6.92 Å². The quantitative estimate of drug-likeness (QED) is 0.600. The summed E-state index contributed by atoms with van der Waals surface area (Å²) in [6.45, 7) is 3.03. The van der Waals surface area contributed by atoms with Gasteiger partial charge in [-0.15, -0.1) is 0 Å². The average molecular weight is 131 g/mol. The third-order valence-corrected chi connectivity index (χ3v) is 1.01. The maximum Gasteiger partial charge on any atom is 0.317 e. The van der Waals surface area contributed by atoms with Gasteiger partial charge in [0.1, 0.15) is 0 Å². The summed E-state index contributed by atoms with van der Waals surface area (Å²) in [7, 11) is 1.80. The van der Waals surface area contributed by atoms with Crippen LogP contribution < -0.4 is 0 Å². The van der Waals surface area contributed by atoms with Crippen LogP contribution >= 0.6 is 0 Å². The minimum Gasteiger partial charge on any atom is -0.480 e. The summed E-state index contributed by atoms with van der Waals surface area (Å²) in [6, 6.07) is 0. The van der Waals surface area contributed by atoms with Gasteiger partial charge >= 0.3 is 5.97 Å². The van der Waals surface area contributed by atoms with Crippen LogP contribution in [0, 0.1) is 0 Å². The van der Waals surface area contributed by atoms with E-state index in [1.54, 1.807) is 11.9 Å². The predicted octanol–water partition coefficient (Wildman–Crippen LogP) is 0.413. The van der Waals surface area contributed by atoms with Gasteiger partial charge in [-0.3, -0.25) is 9.69 Å². The van der Waals surface area contributed by atoms with E-state index in [1.165, 1.54) is 0 Å². The van der Waals surface area contributed by atoms with Crippen LogP contribution in [-0.4, -0.2) is 36.1 Å². The van der Waals surface area contributed by atoms with Crippen molar-refractivity contribution in [1.29, 1.82) is 0 Å². The molecule has 0 saturated heterocycles. The molecule has 1 N–H and O–H groups in total. The molecule has 0 aliphatic carbocycles. The van der Waals surface area contributed by atoms with Crippen molar-refractivity contribution in [3.05, 3.63) is 0 Å². The minimum absolute atomic E-state index is 0.147. The molecule has 0 heterocycles. The Labute approximate surface area is 55.3 Å². The number of nitrogens with zero attached hydrogens (tertiary/aromatic N) is 1. The molecule has 3 nitrogen and oxygen atoms in total. The maximum atomic E-state index is 10.0. The van der Waals surface area contributed by atoms with Crippen LogP contribution in [-0.2, 0) is 4.79 Å². The number of aliphatic carboxylic acids is 1. The highest BCUT2D eigenvalue weighted by Crippen LogP contribution is 1.83. The van der Waals surface area contributed by atoms with Crippen LogP contribution in [0.3, 0.4) is 0 Å². The summed E-state index contributed by atoms with van der Waals surface area (Å²) in [5.41, 5.74) is 0. The third-order valence-electron chi connectivity index (χ3n) is 1.01. The van der Waals surface area contributed by atoms with Gasteiger partial charge in [-0.05, 0) is 20.0 Å². The van der Waals surface area contributed by atoms with E-state index in [2.05, 4.69) is 0 Å². The first-order chi connectivity index (χ1) is 4.16. The Morgan fingerprint density at radius 3 is 2.56 bits per heavy atom. The zero-order valence-electron chi connectivity index (χ0n) is 5.92.